The van der Waals surface area contributed by atoms with Crippen LogP contribution in [0.1, 0.15) is 39.0 Å². The zero-order valence-electron chi connectivity index (χ0n) is 14.2. The van der Waals surface area contributed by atoms with Crippen molar-refractivity contribution in [2.45, 2.75) is 45.1 Å². The van der Waals surface area contributed by atoms with Crippen LogP contribution in [-0.4, -0.2) is 73.5 Å². The Bertz CT molecular complexity index is 375. The number of carbonyl (C=O) groups is 2. The Morgan fingerprint density at radius 1 is 1.17 bits per heavy atom. The van der Waals surface area contributed by atoms with E-state index in [1.165, 1.54) is 0 Å². The maximum Gasteiger partial charge on any atom is 0.242 e. The number of nitrogens with zero attached hydrogens (tertiary/aromatic N) is 2. The average molecular weight is 347 g/mol. The Hall–Kier alpha value is -0.850. The number of piperidine rings is 1. The van der Waals surface area contributed by atoms with Crippen LogP contribution in [0, 0.1) is 0 Å². The van der Waals surface area contributed by atoms with Gasteiger partial charge in [-0.15, -0.1) is 12.4 Å². The second-order valence-corrected chi connectivity index (χ2v) is 6.23. The van der Waals surface area contributed by atoms with Crippen molar-refractivity contribution in [1.29, 1.82) is 0 Å². The highest BCUT2D eigenvalue weighted by atomic mass is 35.5. The molecule has 2 aliphatic heterocycles. The molecule has 1 atom stereocenters. The van der Waals surface area contributed by atoms with E-state index in [1.54, 1.807) is 4.90 Å². The van der Waals surface area contributed by atoms with E-state index in [-0.39, 0.29) is 30.3 Å². The molecule has 0 radical (unpaired) electrons. The summed E-state index contributed by atoms with van der Waals surface area (Å²) >= 11 is 0. The molecule has 6 nitrogen and oxygen atoms in total. The van der Waals surface area contributed by atoms with Gasteiger partial charge in [-0.1, -0.05) is 6.92 Å². The summed E-state index contributed by atoms with van der Waals surface area (Å²) in [5, 5.41) is 6.35. The van der Waals surface area contributed by atoms with Crippen LogP contribution in [0.15, 0.2) is 0 Å². The Kier molecular flexibility index (Phi) is 9.52. The summed E-state index contributed by atoms with van der Waals surface area (Å²) in [4.78, 5) is 28.7. The maximum atomic E-state index is 12.4. The molecular weight excluding hydrogens is 316 g/mol. The SMILES string of the molecule is CCCC(=O)N1CCCCC1C(=O)NCCN1CCNCC1.Cl. The number of piperazine rings is 1. The fraction of sp³-hybridized carbons (Fsp3) is 0.875. The number of rotatable bonds is 6. The highest BCUT2D eigenvalue weighted by Gasteiger charge is 2.31. The third-order valence-corrected chi connectivity index (χ3v) is 4.53. The summed E-state index contributed by atoms with van der Waals surface area (Å²) in [7, 11) is 0. The van der Waals surface area contributed by atoms with Gasteiger partial charge in [-0.2, -0.15) is 0 Å². The van der Waals surface area contributed by atoms with Crippen molar-refractivity contribution in [2.75, 3.05) is 45.8 Å². The lowest BCUT2D eigenvalue weighted by Gasteiger charge is -2.35. The minimum atomic E-state index is -0.254. The molecule has 2 aliphatic rings. The summed E-state index contributed by atoms with van der Waals surface area (Å²) in [6, 6.07) is -0.254. The summed E-state index contributed by atoms with van der Waals surface area (Å²) in [6.07, 6.45) is 4.23. The normalized spacial score (nSPS) is 22.3. The topological polar surface area (TPSA) is 64.7 Å². The first-order valence-electron chi connectivity index (χ1n) is 8.72. The van der Waals surface area contributed by atoms with E-state index >= 15 is 0 Å². The summed E-state index contributed by atoms with van der Waals surface area (Å²) in [5.41, 5.74) is 0. The van der Waals surface area contributed by atoms with E-state index in [2.05, 4.69) is 15.5 Å². The molecule has 2 heterocycles. The maximum absolute atomic E-state index is 12.4. The van der Waals surface area contributed by atoms with Crippen LogP contribution in [-0.2, 0) is 9.59 Å². The highest BCUT2D eigenvalue weighted by molar-refractivity contribution is 5.87. The lowest BCUT2D eigenvalue weighted by atomic mass is 10.0. The molecule has 2 fully saturated rings. The largest absolute Gasteiger partial charge is 0.353 e. The van der Waals surface area contributed by atoms with Crippen LogP contribution in [0.4, 0.5) is 0 Å². The van der Waals surface area contributed by atoms with E-state index in [4.69, 9.17) is 0 Å². The molecule has 134 valence electrons. The molecule has 1 unspecified atom stereocenters. The van der Waals surface area contributed by atoms with E-state index < -0.39 is 0 Å². The van der Waals surface area contributed by atoms with Gasteiger partial charge in [-0.05, 0) is 25.7 Å². The van der Waals surface area contributed by atoms with Gasteiger partial charge in [0.15, 0.2) is 0 Å². The number of hydrogen-bond donors (Lipinski definition) is 2. The van der Waals surface area contributed by atoms with Gasteiger partial charge in [0.1, 0.15) is 6.04 Å². The molecule has 0 aliphatic carbocycles. The van der Waals surface area contributed by atoms with E-state index in [0.717, 1.165) is 65.0 Å². The van der Waals surface area contributed by atoms with Gasteiger partial charge < -0.3 is 15.5 Å². The molecule has 0 aromatic rings. The van der Waals surface area contributed by atoms with Crippen molar-refractivity contribution in [1.82, 2.24) is 20.4 Å². The number of likely N-dealkylation sites (tertiary alicyclic amines) is 1. The van der Waals surface area contributed by atoms with Crippen molar-refractivity contribution in [2.24, 2.45) is 0 Å². The minimum Gasteiger partial charge on any atom is -0.353 e. The molecule has 0 spiro atoms. The lowest BCUT2D eigenvalue weighted by Crippen LogP contribution is -2.53. The Labute approximate surface area is 145 Å². The number of hydrogen-bond acceptors (Lipinski definition) is 4. The first-order chi connectivity index (χ1) is 10.7. The fourth-order valence-electron chi connectivity index (χ4n) is 3.25. The predicted octanol–water partition coefficient (Wildman–Crippen LogP) is 0.611. The van der Waals surface area contributed by atoms with Crippen LogP contribution < -0.4 is 10.6 Å². The second kappa shape index (κ2) is 10.8. The van der Waals surface area contributed by atoms with Crippen molar-refractivity contribution < 1.29 is 9.59 Å². The van der Waals surface area contributed by atoms with Crippen LogP contribution in [0.3, 0.4) is 0 Å². The van der Waals surface area contributed by atoms with Gasteiger partial charge in [0, 0.05) is 52.2 Å². The van der Waals surface area contributed by atoms with E-state index in [9.17, 15) is 9.59 Å². The third-order valence-electron chi connectivity index (χ3n) is 4.53. The van der Waals surface area contributed by atoms with Crippen molar-refractivity contribution in [3.8, 4) is 0 Å². The first kappa shape index (κ1) is 20.2. The standard InChI is InChI=1S/C16H30N4O2.ClH/c1-2-5-15(21)20-10-4-3-6-14(20)16(22)18-9-13-19-11-7-17-8-12-19;/h14,17H,2-13H2,1H3,(H,18,22);1H. The highest BCUT2D eigenvalue weighted by Crippen LogP contribution is 2.18. The molecular formula is C16H31ClN4O2. The average Bonchev–Trinajstić information content (AvgIpc) is 2.56. The quantitative estimate of drug-likeness (QED) is 0.739. The third kappa shape index (κ3) is 6.28. The molecule has 0 aromatic carbocycles. The zero-order valence-corrected chi connectivity index (χ0v) is 15.0. The summed E-state index contributed by atoms with van der Waals surface area (Å²) < 4.78 is 0. The van der Waals surface area contributed by atoms with Crippen LogP contribution in [0.5, 0.6) is 0 Å². The van der Waals surface area contributed by atoms with Crippen molar-refractivity contribution >= 4 is 24.2 Å². The minimum absolute atomic E-state index is 0. The summed E-state index contributed by atoms with van der Waals surface area (Å²) in [6.45, 7) is 8.43. The van der Waals surface area contributed by atoms with E-state index in [1.807, 2.05) is 6.92 Å². The smallest absolute Gasteiger partial charge is 0.242 e. The molecule has 0 bridgehead atoms. The van der Waals surface area contributed by atoms with Gasteiger partial charge in [0.05, 0.1) is 0 Å². The lowest BCUT2D eigenvalue weighted by molar-refractivity contribution is -0.142. The second-order valence-electron chi connectivity index (χ2n) is 6.23. The molecule has 2 N–H and O–H groups in total. The van der Waals surface area contributed by atoms with Gasteiger partial charge >= 0.3 is 0 Å². The van der Waals surface area contributed by atoms with Crippen LogP contribution >= 0.6 is 12.4 Å². The van der Waals surface area contributed by atoms with Gasteiger partial charge in [0.2, 0.25) is 11.8 Å². The number of amides is 2. The molecule has 23 heavy (non-hydrogen) atoms. The van der Waals surface area contributed by atoms with Crippen LogP contribution in [0.2, 0.25) is 0 Å². The predicted molar refractivity (Wildman–Crippen MR) is 93.8 cm³/mol. The molecule has 2 rings (SSSR count). The molecule has 0 aromatic heterocycles. The van der Waals surface area contributed by atoms with Gasteiger partial charge in [-0.25, -0.2) is 0 Å². The molecule has 2 saturated heterocycles. The number of halogens is 1. The zero-order chi connectivity index (χ0) is 15.8. The number of nitrogens with one attached hydrogen (secondary N) is 2. The first-order valence-corrected chi connectivity index (χ1v) is 8.72. The summed E-state index contributed by atoms with van der Waals surface area (Å²) in [5.74, 6) is 0.156. The Morgan fingerprint density at radius 3 is 2.61 bits per heavy atom. The Morgan fingerprint density at radius 2 is 1.91 bits per heavy atom. The van der Waals surface area contributed by atoms with Crippen molar-refractivity contribution in [3.05, 3.63) is 0 Å². The number of carbonyl (C=O) groups excluding carboxylic acids is 2. The van der Waals surface area contributed by atoms with E-state index in [0.29, 0.717) is 13.0 Å². The monoisotopic (exact) mass is 346 g/mol. The molecule has 0 saturated carbocycles. The Balaban J connectivity index is 0.00000264. The van der Waals surface area contributed by atoms with Gasteiger partial charge in [-0.3, -0.25) is 14.5 Å². The van der Waals surface area contributed by atoms with Gasteiger partial charge in [0.25, 0.3) is 0 Å². The fourth-order valence-corrected chi connectivity index (χ4v) is 3.25. The molecule has 2 amide bonds. The molecule has 7 heteroatoms. The van der Waals surface area contributed by atoms with Crippen LogP contribution in [0.25, 0.3) is 0 Å². The van der Waals surface area contributed by atoms with Crippen molar-refractivity contribution in [3.63, 3.8) is 0 Å².